The van der Waals surface area contributed by atoms with Crippen LogP contribution in [0.4, 0.5) is 8.63 Å². The molecule has 2 heterocycles. The van der Waals surface area contributed by atoms with Crippen molar-refractivity contribution in [3.63, 3.8) is 0 Å². The summed E-state index contributed by atoms with van der Waals surface area (Å²) in [5, 5.41) is 0. The molecule has 9 heteroatoms. The van der Waals surface area contributed by atoms with E-state index in [9.17, 15) is 13.4 Å². The fraction of sp³-hybridized carbons (Fsp3) is 0.182. The van der Waals surface area contributed by atoms with Crippen molar-refractivity contribution >= 4 is 19.0 Å². The number of hydrogen-bond acceptors (Lipinski definition) is 4. The number of rotatable bonds is 7. The number of aromatic nitrogens is 2. The molecular formula is C33H29BF2N2O4. The number of hydrogen-bond donors (Lipinski definition) is 2. The van der Waals surface area contributed by atoms with Crippen molar-refractivity contribution in [1.29, 1.82) is 0 Å². The molecule has 0 saturated carbocycles. The Bertz CT molecular complexity index is 1800. The minimum absolute atomic E-state index is 0.157. The Labute approximate surface area is 244 Å². The van der Waals surface area contributed by atoms with Crippen molar-refractivity contribution in [1.82, 2.24) is 9.97 Å². The van der Waals surface area contributed by atoms with Gasteiger partial charge in [0.2, 0.25) is 5.78 Å². The van der Waals surface area contributed by atoms with Crippen LogP contribution in [0.25, 0.3) is 5.76 Å². The smallest absolute Gasteiger partial charge is 0.503 e. The zero-order chi connectivity index (χ0) is 30.4. The van der Waals surface area contributed by atoms with Gasteiger partial charge in [-0.25, -0.2) is 8.63 Å². The number of H-pyrrole nitrogens is 2. The number of aryl methyl sites for hydroxylation is 2. The van der Waals surface area contributed by atoms with E-state index in [1.54, 1.807) is 45.4 Å². The summed E-state index contributed by atoms with van der Waals surface area (Å²) in [5.74, 6) is 12.5. The van der Waals surface area contributed by atoms with Gasteiger partial charge in [-0.1, -0.05) is 47.9 Å². The molecule has 6 nitrogen and oxygen atoms in total. The molecule has 0 fully saturated rings. The predicted molar refractivity (Wildman–Crippen MR) is 160 cm³/mol. The Morgan fingerprint density at radius 2 is 1.19 bits per heavy atom. The molecule has 0 spiro atoms. The number of benzene rings is 2. The lowest BCUT2D eigenvalue weighted by Crippen LogP contribution is -2.08. The molecular weight excluding hydrogens is 537 g/mol. The summed E-state index contributed by atoms with van der Waals surface area (Å²) >= 11 is 0. The summed E-state index contributed by atoms with van der Waals surface area (Å²) in [6.45, 7) is 7.24. The van der Waals surface area contributed by atoms with Gasteiger partial charge >= 0.3 is 7.47 Å². The van der Waals surface area contributed by atoms with Gasteiger partial charge in [0.05, 0.1) is 42.2 Å². The number of allylic oxidation sites excluding steroid dienone is 1. The van der Waals surface area contributed by atoms with E-state index in [1.165, 1.54) is 0 Å². The van der Waals surface area contributed by atoms with Crippen molar-refractivity contribution in [3.8, 4) is 35.2 Å². The molecule has 0 atom stereocenters. The maximum Gasteiger partial charge on any atom is 0.796 e. The molecule has 212 valence electrons. The topological polar surface area (TPSA) is 76.3 Å². The van der Waals surface area contributed by atoms with Crippen LogP contribution in [0.2, 0.25) is 0 Å². The number of carbonyl (C=O) groups is 1. The van der Waals surface area contributed by atoms with Crippen molar-refractivity contribution in [2.45, 2.75) is 27.7 Å². The second-order valence-electron chi connectivity index (χ2n) is 9.40. The molecule has 0 amide bonds. The van der Waals surface area contributed by atoms with Crippen LogP contribution in [0.3, 0.4) is 0 Å². The number of halogens is 2. The third kappa shape index (κ3) is 6.42. The van der Waals surface area contributed by atoms with Gasteiger partial charge in [-0.2, -0.15) is 0 Å². The van der Waals surface area contributed by atoms with Crippen LogP contribution in [0, 0.1) is 51.4 Å². The Morgan fingerprint density at radius 1 is 0.738 bits per heavy atom. The molecule has 2 aromatic heterocycles. The Kier molecular flexibility index (Phi) is 9.24. The first kappa shape index (κ1) is 29.8. The summed E-state index contributed by atoms with van der Waals surface area (Å²) in [7, 11) is -0.0883. The molecule has 0 saturated heterocycles. The average Bonchev–Trinajstić information content (AvgIpc) is 3.43. The van der Waals surface area contributed by atoms with Crippen LogP contribution < -0.4 is 9.47 Å². The molecule has 2 aromatic carbocycles. The first-order chi connectivity index (χ1) is 20.1. The Hall–Kier alpha value is -5.15. The van der Waals surface area contributed by atoms with E-state index in [2.05, 4.69) is 33.6 Å². The van der Waals surface area contributed by atoms with Crippen LogP contribution in [0.15, 0.2) is 54.6 Å². The molecule has 0 aliphatic carbocycles. The zero-order valence-corrected chi connectivity index (χ0v) is 24.2. The van der Waals surface area contributed by atoms with Gasteiger partial charge in [-0.3, -0.25) is 4.79 Å². The van der Waals surface area contributed by atoms with Crippen LogP contribution in [-0.4, -0.2) is 37.4 Å². The Balaban J connectivity index is 1.81. The highest BCUT2D eigenvalue weighted by Gasteiger charge is 2.26. The number of carbonyl (C=O) groups excluding carboxylic acids is 1. The maximum atomic E-state index is 13.7. The lowest BCUT2D eigenvalue weighted by molar-refractivity contribution is 0.104. The highest BCUT2D eigenvalue weighted by Crippen LogP contribution is 2.28. The number of ketones is 1. The Morgan fingerprint density at radius 3 is 1.67 bits per heavy atom. The molecule has 0 unspecified atom stereocenters. The number of aromatic amines is 2. The normalized spacial score (nSPS) is 10.7. The van der Waals surface area contributed by atoms with Crippen LogP contribution in [-0.2, 0) is 4.65 Å². The van der Waals surface area contributed by atoms with E-state index in [0.717, 1.165) is 22.9 Å². The molecule has 0 bridgehead atoms. The second-order valence-corrected chi connectivity index (χ2v) is 9.40. The van der Waals surface area contributed by atoms with E-state index in [4.69, 9.17) is 14.1 Å². The minimum Gasteiger partial charge on any atom is -0.503 e. The second kappa shape index (κ2) is 13.0. The molecule has 4 aromatic rings. The van der Waals surface area contributed by atoms with Gasteiger partial charge in [0.15, 0.2) is 0 Å². The standard InChI is InChI=1S/C33H29BF2N2O4/c1-20-22(3)37-32(26(20)17-15-24-11-7-9-13-29(24)40-5)28(39)19-31(42-34(35)36)33-27(21(2)23(4)38-33)18-16-25-12-8-10-14-30(25)41-6/h7-14,19,37-38H,1-6H3/b31-19-. The van der Waals surface area contributed by atoms with Gasteiger partial charge < -0.3 is 24.1 Å². The van der Waals surface area contributed by atoms with Gasteiger partial charge in [-0.15, -0.1) is 0 Å². The lowest BCUT2D eigenvalue weighted by Gasteiger charge is -2.08. The molecule has 0 radical (unpaired) electrons. The molecule has 0 aliphatic rings. The quantitative estimate of drug-likeness (QED) is 0.0874. The van der Waals surface area contributed by atoms with Crippen molar-refractivity contribution < 1.29 is 27.6 Å². The summed E-state index contributed by atoms with van der Waals surface area (Å²) in [4.78, 5) is 19.7. The van der Waals surface area contributed by atoms with Crippen molar-refractivity contribution in [3.05, 3.63) is 111 Å². The van der Waals surface area contributed by atoms with Crippen LogP contribution >= 0.6 is 0 Å². The summed E-state index contributed by atoms with van der Waals surface area (Å²) in [5.41, 5.74) is 5.38. The molecule has 2 N–H and O–H groups in total. The van der Waals surface area contributed by atoms with E-state index in [1.807, 2.05) is 45.0 Å². The van der Waals surface area contributed by atoms with E-state index in [-0.39, 0.29) is 17.1 Å². The zero-order valence-electron chi connectivity index (χ0n) is 24.2. The van der Waals surface area contributed by atoms with Gasteiger partial charge in [0.1, 0.15) is 23.0 Å². The number of para-hydroxylation sites is 2. The number of ether oxygens (including phenoxy) is 2. The van der Waals surface area contributed by atoms with E-state index in [0.29, 0.717) is 39.4 Å². The fourth-order valence-electron chi connectivity index (χ4n) is 4.33. The first-order valence-electron chi connectivity index (χ1n) is 13.0. The molecule has 42 heavy (non-hydrogen) atoms. The monoisotopic (exact) mass is 566 g/mol. The predicted octanol–water partition coefficient (Wildman–Crippen LogP) is 6.56. The van der Waals surface area contributed by atoms with Crippen LogP contribution in [0.1, 0.15) is 61.0 Å². The SMILES string of the molecule is COc1ccccc1C#Cc1c(C(=O)/C=C(\OB(F)F)c2[nH]c(C)c(C)c2C#Cc2ccccc2OC)[nH]c(C)c1C. The third-order valence-corrected chi connectivity index (χ3v) is 6.83. The van der Waals surface area contributed by atoms with E-state index < -0.39 is 13.3 Å². The van der Waals surface area contributed by atoms with Crippen molar-refractivity contribution in [2.24, 2.45) is 0 Å². The van der Waals surface area contributed by atoms with Gasteiger partial charge in [0.25, 0.3) is 0 Å². The minimum atomic E-state index is -3.18. The average molecular weight is 566 g/mol. The number of methoxy groups -OCH3 is 2. The maximum absolute atomic E-state index is 13.7. The highest BCUT2D eigenvalue weighted by atomic mass is 19.2. The van der Waals surface area contributed by atoms with E-state index >= 15 is 0 Å². The van der Waals surface area contributed by atoms with Crippen LogP contribution in [0.5, 0.6) is 11.5 Å². The lowest BCUT2D eigenvalue weighted by atomic mass is 10.0. The summed E-state index contributed by atoms with van der Waals surface area (Å²) in [6, 6.07) is 14.5. The van der Waals surface area contributed by atoms with Gasteiger partial charge in [-0.05, 0) is 63.1 Å². The highest BCUT2D eigenvalue weighted by molar-refractivity contribution is 6.36. The largest absolute Gasteiger partial charge is 0.796 e. The summed E-state index contributed by atoms with van der Waals surface area (Å²) < 4.78 is 42.9. The number of nitrogens with one attached hydrogen (secondary N) is 2. The summed E-state index contributed by atoms with van der Waals surface area (Å²) in [6.07, 6.45) is 1.03. The van der Waals surface area contributed by atoms with Crippen molar-refractivity contribution in [2.75, 3.05) is 14.2 Å². The third-order valence-electron chi connectivity index (χ3n) is 6.83. The fourth-order valence-corrected chi connectivity index (χ4v) is 4.33. The molecule has 4 rings (SSSR count). The molecule has 0 aliphatic heterocycles. The van der Waals surface area contributed by atoms with Gasteiger partial charge in [0, 0.05) is 17.5 Å². The first-order valence-corrected chi connectivity index (χ1v) is 13.0.